The topological polar surface area (TPSA) is 40.6 Å². The first kappa shape index (κ1) is 21.2. The maximum Gasteiger partial charge on any atom is 0.270 e. The summed E-state index contributed by atoms with van der Waals surface area (Å²) in [5.41, 5.74) is 1.05. The molecular formula is C22H23ClF2N2O2. The average Bonchev–Trinajstić information content (AvgIpc) is 2.65. The molecule has 4 nitrogen and oxygen atoms in total. The highest BCUT2D eigenvalue weighted by molar-refractivity contribution is 6.30. The number of nitrogens with zero attached hydrogens (tertiary/aromatic N) is 2. The van der Waals surface area contributed by atoms with E-state index in [1.807, 2.05) is 13.8 Å². The van der Waals surface area contributed by atoms with E-state index in [0.29, 0.717) is 16.1 Å². The zero-order valence-electron chi connectivity index (χ0n) is 16.5. The summed E-state index contributed by atoms with van der Waals surface area (Å²) < 4.78 is 27.4. The molecule has 29 heavy (non-hydrogen) atoms. The molecule has 1 unspecified atom stereocenters. The molecule has 1 aliphatic heterocycles. The SMILES string of the molecule is CC(C)N1CC(=O)N(Cc2cccc(C(C)(F)F)c2)C(c2ccc(Cl)cc2)C1=O. The third kappa shape index (κ3) is 4.58. The van der Waals surface area contributed by atoms with E-state index in [2.05, 4.69) is 0 Å². The second-order valence-corrected chi connectivity index (χ2v) is 8.06. The monoisotopic (exact) mass is 420 g/mol. The van der Waals surface area contributed by atoms with E-state index in [0.717, 1.165) is 6.92 Å². The van der Waals surface area contributed by atoms with Crippen molar-refractivity contribution >= 4 is 23.4 Å². The van der Waals surface area contributed by atoms with Crippen LogP contribution in [0.4, 0.5) is 8.78 Å². The van der Waals surface area contributed by atoms with Gasteiger partial charge in [-0.15, -0.1) is 0 Å². The van der Waals surface area contributed by atoms with E-state index in [4.69, 9.17) is 11.6 Å². The molecular weight excluding hydrogens is 398 g/mol. The van der Waals surface area contributed by atoms with Crippen LogP contribution < -0.4 is 0 Å². The number of carbonyl (C=O) groups is 2. The molecule has 1 aliphatic rings. The standard InChI is InChI=1S/C22H23ClF2N2O2/c1-14(2)26-13-19(28)27(12-15-5-4-6-17(11-15)22(3,24)25)20(21(26)29)16-7-9-18(23)10-8-16/h4-11,14,20H,12-13H2,1-3H3. The Kier molecular flexibility index (Phi) is 5.94. The number of alkyl halides is 2. The number of benzene rings is 2. The molecule has 1 fully saturated rings. The molecule has 1 atom stereocenters. The highest BCUT2D eigenvalue weighted by Gasteiger charge is 2.41. The summed E-state index contributed by atoms with van der Waals surface area (Å²) in [7, 11) is 0. The van der Waals surface area contributed by atoms with Crippen molar-refractivity contribution in [3.8, 4) is 0 Å². The van der Waals surface area contributed by atoms with Crippen LogP contribution in [0.25, 0.3) is 0 Å². The number of piperazine rings is 1. The van der Waals surface area contributed by atoms with Gasteiger partial charge in [0.05, 0.1) is 0 Å². The predicted octanol–water partition coefficient (Wildman–Crippen LogP) is 4.77. The molecule has 2 amide bonds. The van der Waals surface area contributed by atoms with Gasteiger partial charge in [0.15, 0.2) is 0 Å². The number of hydrogen-bond donors (Lipinski definition) is 0. The van der Waals surface area contributed by atoms with Crippen LogP contribution in [0.15, 0.2) is 48.5 Å². The molecule has 0 aliphatic carbocycles. The summed E-state index contributed by atoms with van der Waals surface area (Å²) in [6.07, 6.45) is 0. The van der Waals surface area contributed by atoms with Gasteiger partial charge in [-0.2, -0.15) is 0 Å². The van der Waals surface area contributed by atoms with Crippen molar-refractivity contribution < 1.29 is 18.4 Å². The minimum absolute atomic E-state index is 0.0375. The van der Waals surface area contributed by atoms with Gasteiger partial charge in [-0.25, -0.2) is 8.78 Å². The van der Waals surface area contributed by atoms with Crippen molar-refractivity contribution in [2.45, 2.75) is 45.3 Å². The highest BCUT2D eigenvalue weighted by atomic mass is 35.5. The average molecular weight is 421 g/mol. The van der Waals surface area contributed by atoms with E-state index in [9.17, 15) is 18.4 Å². The number of amides is 2. The first-order valence-electron chi connectivity index (χ1n) is 9.40. The van der Waals surface area contributed by atoms with Crippen LogP contribution in [-0.4, -0.2) is 34.2 Å². The number of halogens is 3. The molecule has 0 bridgehead atoms. The second-order valence-electron chi connectivity index (χ2n) is 7.62. The normalized spacial score (nSPS) is 18.0. The Morgan fingerprint density at radius 1 is 1.14 bits per heavy atom. The molecule has 0 radical (unpaired) electrons. The molecule has 0 spiro atoms. The second kappa shape index (κ2) is 8.11. The van der Waals surface area contributed by atoms with E-state index < -0.39 is 12.0 Å². The van der Waals surface area contributed by atoms with Crippen LogP contribution in [-0.2, 0) is 22.1 Å². The summed E-state index contributed by atoms with van der Waals surface area (Å²) in [5, 5.41) is 0.522. The van der Waals surface area contributed by atoms with Crippen LogP contribution in [0.1, 0.15) is 43.5 Å². The third-order valence-electron chi connectivity index (χ3n) is 5.05. The Morgan fingerprint density at radius 2 is 1.79 bits per heavy atom. The Balaban J connectivity index is 1.99. The van der Waals surface area contributed by atoms with Crippen LogP contribution >= 0.6 is 11.6 Å². The maximum absolute atomic E-state index is 13.7. The van der Waals surface area contributed by atoms with Crippen molar-refractivity contribution in [1.82, 2.24) is 9.80 Å². The first-order valence-corrected chi connectivity index (χ1v) is 9.78. The molecule has 0 N–H and O–H groups in total. The number of rotatable bonds is 5. The number of carbonyl (C=O) groups excluding carboxylic acids is 2. The first-order chi connectivity index (χ1) is 13.6. The van der Waals surface area contributed by atoms with Gasteiger partial charge in [-0.1, -0.05) is 41.9 Å². The lowest BCUT2D eigenvalue weighted by Gasteiger charge is -2.42. The van der Waals surface area contributed by atoms with E-state index in [-0.39, 0.29) is 36.5 Å². The van der Waals surface area contributed by atoms with Gasteiger partial charge in [0.25, 0.3) is 11.8 Å². The largest absolute Gasteiger partial charge is 0.329 e. The third-order valence-corrected chi connectivity index (χ3v) is 5.30. The minimum atomic E-state index is -2.98. The minimum Gasteiger partial charge on any atom is -0.329 e. The summed E-state index contributed by atoms with van der Waals surface area (Å²) in [6.45, 7) is 4.57. The van der Waals surface area contributed by atoms with Crippen molar-refractivity contribution in [3.63, 3.8) is 0 Å². The summed E-state index contributed by atoms with van der Waals surface area (Å²) >= 11 is 5.97. The molecule has 2 aromatic rings. The van der Waals surface area contributed by atoms with Crippen LogP contribution in [0.2, 0.25) is 5.02 Å². The fraction of sp³-hybridized carbons (Fsp3) is 0.364. The zero-order chi connectivity index (χ0) is 21.3. The van der Waals surface area contributed by atoms with E-state index >= 15 is 0 Å². The van der Waals surface area contributed by atoms with Gasteiger partial charge in [0, 0.05) is 30.1 Å². The van der Waals surface area contributed by atoms with Gasteiger partial charge < -0.3 is 9.80 Å². The van der Waals surface area contributed by atoms with Crippen molar-refractivity contribution in [2.24, 2.45) is 0 Å². The molecule has 7 heteroatoms. The molecule has 0 saturated carbocycles. The summed E-state index contributed by atoms with van der Waals surface area (Å²) in [4.78, 5) is 29.1. The van der Waals surface area contributed by atoms with Gasteiger partial charge >= 0.3 is 0 Å². The van der Waals surface area contributed by atoms with E-state index in [1.54, 1.807) is 30.3 Å². The van der Waals surface area contributed by atoms with Gasteiger partial charge in [-0.05, 0) is 43.2 Å². The molecule has 1 saturated heterocycles. The fourth-order valence-electron chi connectivity index (χ4n) is 3.47. The molecule has 0 aromatic heterocycles. The quantitative estimate of drug-likeness (QED) is 0.699. The maximum atomic E-state index is 13.7. The Bertz CT molecular complexity index is 910. The highest BCUT2D eigenvalue weighted by Crippen LogP contribution is 2.32. The van der Waals surface area contributed by atoms with Crippen LogP contribution in [0, 0.1) is 0 Å². The molecule has 3 rings (SSSR count). The summed E-state index contributed by atoms with van der Waals surface area (Å²) in [5.74, 6) is -3.41. The Hall–Kier alpha value is -2.47. The molecule has 1 heterocycles. The van der Waals surface area contributed by atoms with Crippen molar-refractivity contribution in [1.29, 1.82) is 0 Å². The van der Waals surface area contributed by atoms with Crippen molar-refractivity contribution in [3.05, 3.63) is 70.2 Å². The van der Waals surface area contributed by atoms with Crippen LogP contribution in [0.5, 0.6) is 0 Å². The lowest BCUT2D eigenvalue weighted by Crippen LogP contribution is -2.56. The Morgan fingerprint density at radius 3 is 2.38 bits per heavy atom. The van der Waals surface area contributed by atoms with Gasteiger partial charge in [0.2, 0.25) is 5.91 Å². The van der Waals surface area contributed by atoms with Crippen LogP contribution in [0.3, 0.4) is 0 Å². The lowest BCUT2D eigenvalue weighted by molar-refractivity contribution is -0.158. The van der Waals surface area contributed by atoms with Crippen molar-refractivity contribution in [2.75, 3.05) is 6.54 Å². The Labute approximate surface area is 174 Å². The number of hydrogen-bond acceptors (Lipinski definition) is 2. The smallest absolute Gasteiger partial charge is 0.270 e. The summed E-state index contributed by atoms with van der Waals surface area (Å²) in [6, 6.07) is 11.7. The lowest BCUT2D eigenvalue weighted by atomic mass is 9.98. The van der Waals surface area contributed by atoms with Gasteiger partial charge in [0.1, 0.15) is 12.6 Å². The zero-order valence-corrected chi connectivity index (χ0v) is 17.3. The molecule has 154 valence electrons. The van der Waals surface area contributed by atoms with E-state index in [1.165, 1.54) is 28.0 Å². The predicted molar refractivity (Wildman–Crippen MR) is 108 cm³/mol. The fourth-order valence-corrected chi connectivity index (χ4v) is 3.60. The molecule has 2 aromatic carbocycles. The van der Waals surface area contributed by atoms with Gasteiger partial charge in [-0.3, -0.25) is 9.59 Å².